The number of halogens is 1. The number of rotatable bonds is 3. The molecule has 0 spiro atoms. The molecule has 0 unspecified atom stereocenters. The van der Waals surface area contributed by atoms with Gasteiger partial charge in [-0.2, -0.15) is 0 Å². The zero-order valence-electron chi connectivity index (χ0n) is 9.64. The summed E-state index contributed by atoms with van der Waals surface area (Å²) in [5.74, 6) is 1.58. The predicted molar refractivity (Wildman–Crippen MR) is 71.2 cm³/mol. The summed E-state index contributed by atoms with van der Waals surface area (Å²) in [6.07, 6.45) is 0. The first-order chi connectivity index (χ1) is 8.09. The molecule has 1 aromatic carbocycles. The van der Waals surface area contributed by atoms with Crippen LogP contribution in [0.1, 0.15) is 11.4 Å². The van der Waals surface area contributed by atoms with Gasteiger partial charge in [0.25, 0.3) is 0 Å². The van der Waals surface area contributed by atoms with Crippen LogP contribution in [0.2, 0.25) is 5.02 Å². The van der Waals surface area contributed by atoms with Crippen molar-refractivity contribution in [2.45, 2.75) is 17.8 Å². The Morgan fingerprint density at radius 1 is 1.41 bits per heavy atom. The summed E-state index contributed by atoms with van der Waals surface area (Å²) in [4.78, 5) is 0. The Bertz CT molecular complexity index is 518. The maximum atomic E-state index is 6.10. The third-order valence-corrected chi connectivity index (χ3v) is 3.95. The number of anilines is 1. The minimum atomic E-state index is 0.691. The molecule has 1 aromatic heterocycles. The monoisotopic (exact) mass is 268 g/mol. The van der Waals surface area contributed by atoms with Gasteiger partial charge in [0.05, 0.1) is 0 Å². The minimum absolute atomic E-state index is 0.691. The van der Waals surface area contributed by atoms with Crippen molar-refractivity contribution in [3.63, 3.8) is 0 Å². The quantitative estimate of drug-likeness (QED) is 0.687. The lowest BCUT2D eigenvalue weighted by Crippen LogP contribution is -1.96. The largest absolute Gasteiger partial charge is 0.398 e. The number of nitrogen functional groups attached to an aromatic ring is 1. The van der Waals surface area contributed by atoms with Crippen molar-refractivity contribution in [2.75, 3.05) is 5.73 Å². The van der Waals surface area contributed by atoms with Crippen molar-refractivity contribution in [1.29, 1.82) is 0 Å². The van der Waals surface area contributed by atoms with Gasteiger partial charge < -0.3 is 10.3 Å². The molecule has 17 heavy (non-hydrogen) atoms. The number of nitrogens with two attached hydrogens (primary N) is 1. The van der Waals surface area contributed by atoms with Gasteiger partial charge in [-0.25, -0.2) is 0 Å². The molecule has 2 N–H and O–H groups in total. The second kappa shape index (κ2) is 4.98. The molecule has 90 valence electrons. The molecule has 6 heteroatoms. The molecule has 0 atom stereocenters. The third kappa shape index (κ3) is 2.56. The average Bonchev–Trinajstić information content (AvgIpc) is 2.60. The summed E-state index contributed by atoms with van der Waals surface area (Å²) < 4.78 is 1.94. The van der Waals surface area contributed by atoms with E-state index in [1.165, 1.54) is 0 Å². The van der Waals surface area contributed by atoms with E-state index in [9.17, 15) is 0 Å². The van der Waals surface area contributed by atoms with Crippen LogP contribution in [0.15, 0.2) is 23.4 Å². The molecule has 0 amide bonds. The fourth-order valence-electron chi connectivity index (χ4n) is 1.38. The standard InChI is InChI=1S/C11H13ClN4S/c1-7-14-15-11(16(7)2)17-6-8-9(12)4-3-5-10(8)13/h3-5H,6,13H2,1-2H3. The Morgan fingerprint density at radius 2 is 2.18 bits per heavy atom. The number of aromatic nitrogens is 3. The highest BCUT2D eigenvalue weighted by atomic mass is 35.5. The van der Waals surface area contributed by atoms with Crippen LogP contribution in [0.5, 0.6) is 0 Å². The lowest BCUT2D eigenvalue weighted by atomic mass is 10.2. The highest BCUT2D eigenvalue weighted by molar-refractivity contribution is 7.98. The molecular weight excluding hydrogens is 256 g/mol. The summed E-state index contributed by atoms with van der Waals surface area (Å²) in [5.41, 5.74) is 7.54. The summed E-state index contributed by atoms with van der Waals surface area (Å²) in [7, 11) is 1.94. The van der Waals surface area contributed by atoms with Gasteiger partial charge >= 0.3 is 0 Å². The van der Waals surface area contributed by atoms with Crippen molar-refractivity contribution >= 4 is 29.1 Å². The minimum Gasteiger partial charge on any atom is -0.398 e. The first kappa shape index (κ1) is 12.3. The molecule has 0 bridgehead atoms. The molecule has 2 aromatic rings. The van der Waals surface area contributed by atoms with E-state index in [4.69, 9.17) is 17.3 Å². The van der Waals surface area contributed by atoms with Crippen LogP contribution < -0.4 is 5.73 Å². The number of thioether (sulfide) groups is 1. The molecule has 0 aliphatic rings. The van der Waals surface area contributed by atoms with Crippen LogP contribution in [0.25, 0.3) is 0 Å². The number of nitrogens with zero attached hydrogens (tertiary/aromatic N) is 3. The van der Waals surface area contributed by atoms with E-state index in [1.54, 1.807) is 11.8 Å². The van der Waals surface area contributed by atoms with Gasteiger partial charge in [0.1, 0.15) is 5.82 Å². The molecule has 0 aliphatic carbocycles. The second-order valence-electron chi connectivity index (χ2n) is 3.69. The van der Waals surface area contributed by atoms with E-state index < -0.39 is 0 Å². The predicted octanol–water partition coefficient (Wildman–Crippen LogP) is 2.65. The number of benzene rings is 1. The highest BCUT2D eigenvalue weighted by Crippen LogP contribution is 2.29. The Balaban J connectivity index is 2.15. The molecule has 0 saturated heterocycles. The molecule has 0 radical (unpaired) electrons. The van der Waals surface area contributed by atoms with Crippen molar-refractivity contribution in [3.8, 4) is 0 Å². The van der Waals surface area contributed by atoms with Crippen molar-refractivity contribution in [2.24, 2.45) is 7.05 Å². The van der Waals surface area contributed by atoms with Crippen LogP contribution in [0.4, 0.5) is 5.69 Å². The van der Waals surface area contributed by atoms with Gasteiger partial charge in [0.2, 0.25) is 0 Å². The van der Waals surface area contributed by atoms with Gasteiger partial charge in [-0.1, -0.05) is 29.4 Å². The smallest absolute Gasteiger partial charge is 0.191 e. The zero-order chi connectivity index (χ0) is 12.4. The first-order valence-electron chi connectivity index (χ1n) is 5.11. The van der Waals surface area contributed by atoms with Crippen LogP contribution in [0.3, 0.4) is 0 Å². The summed E-state index contributed by atoms with van der Waals surface area (Å²) in [6.45, 7) is 1.92. The second-order valence-corrected chi connectivity index (χ2v) is 5.03. The van der Waals surface area contributed by atoms with E-state index in [1.807, 2.05) is 36.7 Å². The fourth-order valence-corrected chi connectivity index (χ4v) is 2.73. The van der Waals surface area contributed by atoms with Gasteiger partial charge in [0, 0.05) is 29.1 Å². The summed E-state index contributed by atoms with van der Waals surface area (Å²) >= 11 is 7.68. The number of hydrogen-bond donors (Lipinski definition) is 1. The summed E-state index contributed by atoms with van der Waals surface area (Å²) in [6, 6.07) is 5.54. The molecule has 2 rings (SSSR count). The van der Waals surface area contributed by atoms with Gasteiger partial charge in [0.15, 0.2) is 5.16 Å². The zero-order valence-corrected chi connectivity index (χ0v) is 11.2. The maximum Gasteiger partial charge on any atom is 0.191 e. The van der Waals surface area contributed by atoms with Gasteiger partial charge in [-0.3, -0.25) is 0 Å². The fraction of sp³-hybridized carbons (Fsp3) is 0.273. The lowest BCUT2D eigenvalue weighted by molar-refractivity contribution is 0.765. The molecular formula is C11H13ClN4S. The lowest BCUT2D eigenvalue weighted by Gasteiger charge is -2.07. The van der Waals surface area contributed by atoms with Crippen molar-refractivity contribution in [3.05, 3.63) is 34.6 Å². The van der Waals surface area contributed by atoms with Gasteiger partial charge in [-0.05, 0) is 19.1 Å². The Labute approximate surface area is 109 Å². The van der Waals surface area contributed by atoms with Crippen molar-refractivity contribution < 1.29 is 0 Å². The normalized spacial score (nSPS) is 10.8. The van der Waals surface area contributed by atoms with Crippen molar-refractivity contribution in [1.82, 2.24) is 14.8 Å². The SMILES string of the molecule is Cc1nnc(SCc2c(N)cccc2Cl)n1C. The third-order valence-electron chi connectivity index (χ3n) is 2.55. The number of aryl methyl sites for hydroxylation is 1. The molecule has 0 fully saturated rings. The Morgan fingerprint density at radius 3 is 2.76 bits per heavy atom. The topological polar surface area (TPSA) is 56.7 Å². The molecule has 0 saturated carbocycles. The molecule has 1 heterocycles. The molecule has 4 nitrogen and oxygen atoms in total. The Hall–Kier alpha value is -1.20. The van der Waals surface area contributed by atoms with Crippen LogP contribution in [-0.4, -0.2) is 14.8 Å². The van der Waals surface area contributed by atoms with E-state index in [-0.39, 0.29) is 0 Å². The summed E-state index contributed by atoms with van der Waals surface area (Å²) in [5, 5.41) is 9.64. The van der Waals surface area contributed by atoms with E-state index in [2.05, 4.69) is 10.2 Å². The number of hydrogen-bond acceptors (Lipinski definition) is 4. The van der Waals surface area contributed by atoms with Crippen LogP contribution >= 0.6 is 23.4 Å². The molecule has 0 aliphatic heterocycles. The van der Waals surface area contributed by atoms with E-state index in [0.717, 1.165) is 16.5 Å². The van der Waals surface area contributed by atoms with E-state index >= 15 is 0 Å². The Kier molecular flexibility index (Phi) is 3.59. The highest BCUT2D eigenvalue weighted by Gasteiger charge is 2.09. The van der Waals surface area contributed by atoms with Gasteiger partial charge in [-0.15, -0.1) is 10.2 Å². The van der Waals surface area contributed by atoms with Crippen LogP contribution in [0, 0.1) is 6.92 Å². The van der Waals surface area contributed by atoms with Crippen LogP contribution in [-0.2, 0) is 12.8 Å². The average molecular weight is 269 g/mol. The first-order valence-corrected chi connectivity index (χ1v) is 6.47. The van der Waals surface area contributed by atoms with E-state index in [0.29, 0.717) is 16.5 Å². The maximum absolute atomic E-state index is 6.10.